The quantitative estimate of drug-likeness (QED) is 0.751. The van der Waals surface area contributed by atoms with Gasteiger partial charge in [-0.3, -0.25) is 14.6 Å². The van der Waals surface area contributed by atoms with Gasteiger partial charge in [0.2, 0.25) is 5.91 Å². The highest BCUT2D eigenvalue weighted by Gasteiger charge is 2.43. The minimum absolute atomic E-state index is 0.00128. The first-order chi connectivity index (χ1) is 10.1. The van der Waals surface area contributed by atoms with E-state index in [0.717, 1.165) is 6.42 Å². The Morgan fingerprint density at radius 2 is 2.24 bits per heavy atom. The zero-order chi connectivity index (χ0) is 14.9. The van der Waals surface area contributed by atoms with E-state index >= 15 is 0 Å². The number of pyridine rings is 1. The molecule has 2 fully saturated rings. The molecular weight excluding hydrogens is 270 g/mol. The van der Waals surface area contributed by atoms with E-state index in [1.807, 2.05) is 11.0 Å². The van der Waals surface area contributed by atoms with Crippen LogP contribution in [0.1, 0.15) is 16.9 Å². The third-order valence-corrected chi connectivity index (χ3v) is 4.24. The van der Waals surface area contributed by atoms with Crippen molar-refractivity contribution < 1.29 is 14.3 Å². The summed E-state index contributed by atoms with van der Waals surface area (Å²) in [6.07, 6.45) is 2.48. The van der Waals surface area contributed by atoms with Gasteiger partial charge in [0.25, 0.3) is 5.91 Å². The SMILES string of the molecule is CN1CC2(CCN(C(=O)c3ccccn3)C2)COCC1=O. The summed E-state index contributed by atoms with van der Waals surface area (Å²) in [5.74, 6) is -0.0490. The fourth-order valence-electron chi connectivity index (χ4n) is 3.11. The van der Waals surface area contributed by atoms with Gasteiger partial charge in [-0.05, 0) is 18.6 Å². The third-order valence-electron chi connectivity index (χ3n) is 4.24. The Bertz CT molecular complexity index is 548. The highest BCUT2D eigenvalue weighted by molar-refractivity contribution is 5.92. The van der Waals surface area contributed by atoms with Crippen molar-refractivity contribution in [2.24, 2.45) is 5.41 Å². The Kier molecular flexibility index (Phi) is 3.63. The van der Waals surface area contributed by atoms with Gasteiger partial charge < -0.3 is 14.5 Å². The average molecular weight is 289 g/mol. The lowest BCUT2D eigenvalue weighted by atomic mass is 9.88. The van der Waals surface area contributed by atoms with Crippen LogP contribution in [0.3, 0.4) is 0 Å². The first-order valence-corrected chi connectivity index (χ1v) is 7.12. The molecule has 6 heteroatoms. The number of carbonyl (C=O) groups excluding carboxylic acids is 2. The Labute approximate surface area is 123 Å². The molecule has 0 radical (unpaired) electrons. The molecule has 1 unspecified atom stereocenters. The first-order valence-electron chi connectivity index (χ1n) is 7.12. The van der Waals surface area contributed by atoms with Crippen LogP contribution < -0.4 is 0 Å². The number of rotatable bonds is 1. The van der Waals surface area contributed by atoms with Gasteiger partial charge in [0.05, 0.1) is 6.61 Å². The number of nitrogens with zero attached hydrogens (tertiary/aromatic N) is 3. The lowest BCUT2D eigenvalue weighted by Gasteiger charge is -2.29. The predicted molar refractivity (Wildman–Crippen MR) is 75.6 cm³/mol. The van der Waals surface area contributed by atoms with E-state index < -0.39 is 0 Å². The minimum Gasteiger partial charge on any atom is -0.371 e. The molecule has 0 bridgehead atoms. The number of hydrogen-bond donors (Lipinski definition) is 0. The maximum Gasteiger partial charge on any atom is 0.272 e. The number of aromatic nitrogens is 1. The van der Waals surface area contributed by atoms with Crippen molar-refractivity contribution in [3.8, 4) is 0 Å². The van der Waals surface area contributed by atoms with Crippen molar-refractivity contribution in [2.45, 2.75) is 6.42 Å². The summed E-state index contributed by atoms with van der Waals surface area (Å²) in [7, 11) is 1.79. The van der Waals surface area contributed by atoms with Crippen LogP contribution in [0.25, 0.3) is 0 Å². The second kappa shape index (κ2) is 5.44. The van der Waals surface area contributed by atoms with Crippen LogP contribution in [0.5, 0.6) is 0 Å². The van der Waals surface area contributed by atoms with Crippen LogP contribution in [0.15, 0.2) is 24.4 Å². The molecule has 0 aromatic carbocycles. The Morgan fingerprint density at radius 1 is 1.38 bits per heavy atom. The number of likely N-dealkylation sites (N-methyl/N-ethyl adjacent to an activating group) is 1. The van der Waals surface area contributed by atoms with Crippen molar-refractivity contribution in [1.29, 1.82) is 0 Å². The molecule has 1 atom stereocenters. The highest BCUT2D eigenvalue weighted by atomic mass is 16.5. The maximum atomic E-state index is 12.4. The van der Waals surface area contributed by atoms with E-state index in [1.54, 1.807) is 30.3 Å². The number of amides is 2. The fraction of sp³-hybridized carbons (Fsp3) is 0.533. The van der Waals surface area contributed by atoms with Crippen molar-refractivity contribution in [3.05, 3.63) is 30.1 Å². The second-order valence-electron chi connectivity index (χ2n) is 5.93. The van der Waals surface area contributed by atoms with Gasteiger partial charge in [0.1, 0.15) is 12.3 Å². The van der Waals surface area contributed by atoms with Crippen molar-refractivity contribution in [1.82, 2.24) is 14.8 Å². The molecule has 3 heterocycles. The summed E-state index contributed by atoms with van der Waals surface area (Å²) in [4.78, 5) is 31.8. The Hall–Kier alpha value is -1.95. The molecule has 1 aromatic heterocycles. The smallest absolute Gasteiger partial charge is 0.272 e. The van der Waals surface area contributed by atoms with Crippen LogP contribution >= 0.6 is 0 Å². The van der Waals surface area contributed by atoms with E-state index in [0.29, 0.717) is 31.9 Å². The van der Waals surface area contributed by atoms with Gasteiger partial charge in [-0.15, -0.1) is 0 Å². The van der Waals surface area contributed by atoms with Crippen LogP contribution in [-0.4, -0.2) is 66.5 Å². The summed E-state index contributed by atoms with van der Waals surface area (Å²) < 4.78 is 5.50. The lowest BCUT2D eigenvalue weighted by molar-refractivity contribution is -0.132. The van der Waals surface area contributed by atoms with Crippen LogP contribution in [0, 0.1) is 5.41 Å². The van der Waals surface area contributed by atoms with Crippen LogP contribution in [0.4, 0.5) is 0 Å². The van der Waals surface area contributed by atoms with Crippen molar-refractivity contribution in [3.63, 3.8) is 0 Å². The first kappa shape index (κ1) is 14.0. The number of likely N-dealkylation sites (tertiary alicyclic amines) is 1. The molecule has 21 heavy (non-hydrogen) atoms. The molecule has 2 saturated heterocycles. The molecule has 0 saturated carbocycles. The Morgan fingerprint density at radius 3 is 3.00 bits per heavy atom. The largest absolute Gasteiger partial charge is 0.371 e. The monoisotopic (exact) mass is 289 g/mol. The summed E-state index contributed by atoms with van der Waals surface area (Å²) in [5, 5.41) is 0. The van der Waals surface area contributed by atoms with Gasteiger partial charge in [-0.25, -0.2) is 0 Å². The molecule has 6 nitrogen and oxygen atoms in total. The minimum atomic E-state index is -0.147. The number of carbonyl (C=O) groups is 2. The molecule has 0 N–H and O–H groups in total. The van der Waals surface area contributed by atoms with Crippen LogP contribution in [0.2, 0.25) is 0 Å². The van der Waals surface area contributed by atoms with Gasteiger partial charge in [0, 0.05) is 38.3 Å². The number of ether oxygens (including phenoxy) is 1. The van der Waals surface area contributed by atoms with Gasteiger partial charge in [0.15, 0.2) is 0 Å². The molecule has 2 amide bonds. The summed E-state index contributed by atoms with van der Waals surface area (Å²) in [5.41, 5.74) is 0.319. The zero-order valence-electron chi connectivity index (χ0n) is 12.1. The molecule has 1 spiro atoms. The second-order valence-corrected chi connectivity index (χ2v) is 5.93. The van der Waals surface area contributed by atoms with E-state index in [2.05, 4.69) is 4.98 Å². The third kappa shape index (κ3) is 2.76. The van der Waals surface area contributed by atoms with Crippen molar-refractivity contribution in [2.75, 3.05) is 39.9 Å². The summed E-state index contributed by atoms with van der Waals surface area (Å²) >= 11 is 0. The molecule has 1 aromatic rings. The lowest BCUT2D eigenvalue weighted by Crippen LogP contribution is -2.41. The van der Waals surface area contributed by atoms with E-state index in [9.17, 15) is 9.59 Å². The standard InChI is InChI=1S/C15H19N3O3/c1-17-9-15(11-21-8-13(17)19)5-7-18(10-15)14(20)12-4-2-3-6-16-12/h2-4,6H,5,7-11H2,1H3. The van der Waals surface area contributed by atoms with Gasteiger partial charge in [-0.2, -0.15) is 0 Å². The zero-order valence-corrected chi connectivity index (χ0v) is 12.1. The normalized spacial score (nSPS) is 26.2. The molecule has 2 aliphatic heterocycles. The summed E-state index contributed by atoms with van der Waals surface area (Å²) in [6.45, 7) is 2.58. The van der Waals surface area contributed by atoms with E-state index in [4.69, 9.17) is 4.74 Å². The topological polar surface area (TPSA) is 62.7 Å². The highest BCUT2D eigenvalue weighted by Crippen LogP contribution is 2.33. The molecule has 2 aliphatic rings. The van der Waals surface area contributed by atoms with Crippen LogP contribution in [-0.2, 0) is 9.53 Å². The predicted octanol–water partition coefficient (Wildman–Crippen LogP) is 0.402. The molecule has 3 rings (SSSR count). The number of hydrogen-bond acceptors (Lipinski definition) is 4. The summed E-state index contributed by atoms with van der Waals surface area (Å²) in [6, 6.07) is 5.34. The molecular formula is C15H19N3O3. The molecule has 0 aliphatic carbocycles. The van der Waals surface area contributed by atoms with E-state index in [-0.39, 0.29) is 23.8 Å². The average Bonchev–Trinajstić information content (AvgIpc) is 2.85. The van der Waals surface area contributed by atoms with Gasteiger partial charge in [-0.1, -0.05) is 6.07 Å². The van der Waals surface area contributed by atoms with Crippen molar-refractivity contribution >= 4 is 11.8 Å². The van der Waals surface area contributed by atoms with E-state index in [1.165, 1.54) is 0 Å². The molecule has 112 valence electrons. The fourth-order valence-corrected chi connectivity index (χ4v) is 3.11. The van der Waals surface area contributed by atoms with Gasteiger partial charge >= 0.3 is 0 Å². The Balaban J connectivity index is 1.73. The maximum absolute atomic E-state index is 12.4.